The number of hydrogen-bond donors (Lipinski definition) is 1. The van der Waals surface area contributed by atoms with Gasteiger partial charge in [-0.05, 0) is 20.3 Å². The minimum Gasteiger partial charge on any atom is -0.385 e. The van der Waals surface area contributed by atoms with E-state index in [2.05, 4.69) is 10.1 Å². The minimum absolute atomic E-state index is 0.289. The monoisotopic (exact) mass is 200 g/mol. The van der Waals surface area contributed by atoms with Crippen molar-refractivity contribution in [3.05, 3.63) is 11.7 Å². The molecule has 0 spiro atoms. The van der Waals surface area contributed by atoms with Crippen molar-refractivity contribution in [2.75, 3.05) is 7.11 Å². The zero-order valence-corrected chi connectivity index (χ0v) is 8.94. The third kappa shape index (κ3) is 1.93. The van der Waals surface area contributed by atoms with Gasteiger partial charge in [-0.1, -0.05) is 12.1 Å². The van der Waals surface area contributed by atoms with Crippen LogP contribution in [0, 0.1) is 0 Å². The third-order valence-electron chi connectivity index (χ3n) is 2.39. The average molecular weight is 200 g/mol. The van der Waals surface area contributed by atoms with E-state index < -0.39 is 11.7 Å². The molecule has 0 saturated heterocycles. The Morgan fingerprint density at radius 2 is 2.29 bits per heavy atom. The molecule has 5 nitrogen and oxygen atoms in total. The Kier molecular flexibility index (Phi) is 3.23. The summed E-state index contributed by atoms with van der Waals surface area (Å²) in [5, 5.41) is 12.9. The zero-order valence-electron chi connectivity index (χ0n) is 8.94. The molecular weight excluding hydrogens is 184 g/mol. The number of ether oxygens (including phenoxy) is 1. The first-order chi connectivity index (χ1) is 6.53. The van der Waals surface area contributed by atoms with E-state index >= 15 is 0 Å². The molecular formula is C9H16N2O3. The lowest BCUT2D eigenvalue weighted by molar-refractivity contribution is -0.0272. The minimum atomic E-state index is -0.717. The first kappa shape index (κ1) is 11.1. The molecule has 14 heavy (non-hydrogen) atoms. The van der Waals surface area contributed by atoms with Crippen LogP contribution in [0.25, 0.3) is 0 Å². The number of rotatable bonds is 4. The molecule has 1 N–H and O–H groups in total. The van der Waals surface area contributed by atoms with Crippen molar-refractivity contribution in [3.63, 3.8) is 0 Å². The van der Waals surface area contributed by atoms with Gasteiger partial charge in [0, 0.05) is 7.11 Å². The van der Waals surface area contributed by atoms with Gasteiger partial charge in [-0.15, -0.1) is 0 Å². The summed E-state index contributed by atoms with van der Waals surface area (Å²) in [6.45, 7) is 5.42. The molecule has 0 amide bonds. The Labute approximate surface area is 83.1 Å². The Morgan fingerprint density at radius 1 is 1.64 bits per heavy atom. The predicted octanol–water partition coefficient (Wildman–Crippen LogP) is 1.39. The molecule has 0 bridgehead atoms. The topological polar surface area (TPSA) is 68.4 Å². The van der Waals surface area contributed by atoms with Gasteiger partial charge in [0.2, 0.25) is 0 Å². The molecule has 1 aromatic heterocycles. The van der Waals surface area contributed by atoms with Crippen LogP contribution in [0.1, 0.15) is 45.0 Å². The van der Waals surface area contributed by atoms with E-state index in [-0.39, 0.29) is 5.82 Å². The van der Waals surface area contributed by atoms with Crippen molar-refractivity contribution in [3.8, 4) is 0 Å². The fourth-order valence-corrected chi connectivity index (χ4v) is 1.00. The molecule has 1 heterocycles. The van der Waals surface area contributed by atoms with E-state index in [4.69, 9.17) is 9.26 Å². The van der Waals surface area contributed by atoms with E-state index in [0.29, 0.717) is 5.89 Å². The van der Waals surface area contributed by atoms with Gasteiger partial charge in [0.15, 0.2) is 5.82 Å². The van der Waals surface area contributed by atoms with E-state index in [0.717, 1.165) is 6.42 Å². The average Bonchev–Trinajstić information content (AvgIpc) is 2.66. The van der Waals surface area contributed by atoms with Crippen molar-refractivity contribution in [2.24, 2.45) is 0 Å². The lowest BCUT2D eigenvalue weighted by Crippen LogP contribution is -2.23. The normalized spacial score (nSPS) is 17.8. The van der Waals surface area contributed by atoms with Crippen LogP contribution >= 0.6 is 0 Å². The maximum Gasteiger partial charge on any atom is 0.258 e. The van der Waals surface area contributed by atoms with Crippen LogP contribution in [-0.4, -0.2) is 22.4 Å². The van der Waals surface area contributed by atoms with E-state index in [1.165, 1.54) is 0 Å². The molecule has 2 atom stereocenters. The van der Waals surface area contributed by atoms with Crippen LogP contribution in [0.4, 0.5) is 0 Å². The first-order valence-corrected chi connectivity index (χ1v) is 4.60. The molecule has 0 aliphatic heterocycles. The standard InChI is InChI=1S/C9H16N2O3/c1-5-9(3,13-4)8-10-7(6(2)12)11-14-8/h6,12H,5H2,1-4H3. The van der Waals surface area contributed by atoms with Crippen molar-refractivity contribution >= 4 is 0 Å². The SMILES string of the molecule is CCC(C)(OC)c1nc(C(C)O)no1. The number of aliphatic hydroxyl groups is 1. The van der Waals surface area contributed by atoms with E-state index in [1.54, 1.807) is 14.0 Å². The zero-order chi connectivity index (χ0) is 10.8. The number of nitrogens with zero attached hydrogens (tertiary/aromatic N) is 2. The van der Waals surface area contributed by atoms with Gasteiger partial charge in [-0.3, -0.25) is 0 Å². The summed E-state index contributed by atoms with van der Waals surface area (Å²) in [6.07, 6.45) is 0.00996. The molecule has 5 heteroatoms. The van der Waals surface area contributed by atoms with Gasteiger partial charge in [0.25, 0.3) is 5.89 Å². The van der Waals surface area contributed by atoms with Crippen molar-refractivity contribution in [1.29, 1.82) is 0 Å². The fourth-order valence-electron chi connectivity index (χ4n) is 1.00. The second-order valence-corrected chi connectivity index (χ2v) is 3.42. The molecule has 80 valence electrons. The van der Waals surface area contributed by atoms with E-state index in [1.807, 2.05) is 13.8 Å². The number of aliphatic hydroxyl groups excluding tert-OH is 1. The highest BCUT2D eigenvalue weighted by molar-refractivity contribution is 4.98. The van der Waals surface area contributed by atoms with Crippen molar-refractivity contribution < 1.29 is 14.4 Å². The molecule has 0 aliphatic rings. The van der Waals surface area contributed by atoms with Crippen LogP contribution in [0.3, 0.4) is 0 Å². The summed E-state index contributed by atoms with van der Waals surface area (Å²) in [4.78, 5) is 4.07. The van der Waals surface area contributed by atoms with Gasteiger partial charge >= 0.3 is 0 Å². The maximum atomic E-state index is 9.22. The van der Waals surface area contributed by atoms with Crippen LogP contribution in [0.5, 0.6) is 0 Å². The number of aromatic nitrogens is 2. The Balaban J connectivity index is 2.95. The van der Waals surface area contributed by atoms with Crippen molar-refractivity contribution in [2.45, 2.75) is 38.9 Å². The van der Waals surface area contributed by atoms with Crippen LogP contribution < -0.4 is 0 Å². The molecule has 0 aromatic carbocycles. The lowest BCUT2D eigenvalue weighted by Gasteiger charge is -2.21. The summed E-state index contributed by atoms with van der Waals surface area (Å²) in [5.41, 5.74) is -0.569. The predicted molar refractivity (Wildman–Crippen MR) is 49.6 cm³/mol. The second kappa shape index (κ2) is 4.06. The molecule has 0 saturated carbocycles. The van der Waals surface area contributed by atoms with Gasteiger partial charge in [-0.2, -0.15) is 4.98 Å². The highest BCUT2D eigenvalue weighted by atomic mass is 16.5. The van der Waals surface area contributed by atoms with E-state index in [9.17, 15) is 5.11 Å². The quantitative estimate of drug-likeness (QED) is 0.795. The fraction of sp³-hybridized carbons (Fsp3) is 0.778. The first-order valence-electron chi connectivity index (χ1n) is 4.60. The van der Waals surface area contributed by atoms with Crippen LogP contribution in [-0.2, 0) is 10.3 Å². The molecule has 1 aromatic rings. The summed E-state index contributed by atoms with van der Waals surface area (Å²) in [7, 11) is 1.59. The molecule has 0 radical (unpaired) electrons. The van der Waals surface area contributed by atoms with Gasteiger partial charge in [0.05, 0.1) is 0 Å². The maximum absolute atomic E-state index is 9.22. The lowest BCUT2D eigenvalue weighted by atomic mass is 10.0. The largest absolute Gasteiger partial charge is 0.385 e. The van der Waals surface area contributed by atoms with Crippen LogP contribution in [0.15, 0.2) is 4.52 Å². The van der Waals surface area contributed by atoms with Gasteiger partial charge in [0.1, 0.15) is 11.7 Å². The Hall–Kier alpha value is -0.940. The second-order valence-electron chi connectivity index (χ2n) is 3.42. The van der Waals surface area contributed by atoms with Crippen molar-refractivity contribution in [1.82, 2.24) is 10.1 Å². The third-order valence-corrected chi connectivity index (χ3v) is 2.39. The summed E-state index contributed by atoms with van der Waals surface area (Å²) < 4.78 is 10.3. The highest BCUT2D eigenvalue weighted by Gasteiger charge is 2.31. The molecule has 0 fully saturated rings. The Morgan fingerprint density at radius 3 is 2.64 bits per heavy atom. The number of methoxy groups -OCH3 is 1. The van der Waals surface area contributed by atoms with Gasteiger partial charge < -0.3 is 14.4 Å². The molecule has 1 rings (SSSR count). The summed E-state index contributed by atoms with van der Waals surface area (Å²) >= 11 is 0. The smallest absolute Gasteiger partial charge is 0.258 e. The Bertz CT molecular complexity index is 292. The molecule has 0 aliphatic carbocycles. The molecule has 2 unspecified atom stereocenters. The number of hydrogen-bond acceptors (Lipinski definition) is 5. The van der Waals surface area contributed by atoms with Gasteiger partial charge in [-0.25, -0.2) is 0 Å². The summed E-state index contributed by atoms with van der Waals surface area (Å²) in [5.74, 6) is 0.690. The highest BCUT2D eigenvalue weighted by Crippen LogP contribution is 2.27. The van der Waals surface area contributed by atoms with Crippen LogP contribution in [0.2, 0.25) is 0 Å². The summed E-state index contributed by atoms with van der Waals surface area (Å²) in [6, 6.07) is 0.